The number of ether oxygens (including phenoxy) is 3. The number of benzene rings is 1. The molecule has 0 bridgehead atoms. The molecule has 0 aliphatic rings. The maximum absolute atomic E-state index is 11.3. The predicted octanol–water partition coefficient (Wildman–Crippen LogP) is 2.01. The largest absolute Gasteiger partial charge is 0.493 e. The molecule has 1 unspecified atom stereocenters. The van der Waals surface area contributed by atoms with E-state index in [1.165, 1.54) is 0 Å². The molecule has 6 nitrogen and oxygen atoms in total. The van der Waals surface area contributed by atoms with Crippen LogP contribution in [0.3, 0.4) is 0 Å². The second-order valence-electron chi connectivity index (χ2n) is 5.28. The average Bonchev–Trinajstić information content (AvgIpc) is 2.57. The van der Waals surface area contributed by atoms with Crippen LogP contribution in [0.25, 0.3) is 0 Å². The maximum Gasteiger partial charge on any atom is 0.307 e. The molecule has 0 heterocycles. The molecule has 0 spiro atoms. The smallest absolute Gasteiger partial charge is 0.307 e. The molecular weight excluding hydrogens is 298 g/mol. The minimum absolute atomic E-state index is 0.195. The first-order chi connectivity index (χ1) is 11.0. The lowest BCUT2D eigenvalue weighted by Gasteiger charge is -2.19. The summed E-state index contributed by atoms with van der Waals surface area (Å²) in [6, 6.07) is 5.38. The van der Waals surface area contributed by atoms with Gasteiger partial charge in [0, 0.05) is 13.1 Å². The third-order valence-electron chi connectivity index (χ3n) is 3.58. The lowest BCUT2D eigenvalue weighted by molar-refractivity contribution is -0.143. The van der Waals surface area contributed by atoms with Crippen molar-refractivity contribution in [2.24, 2.45) is 0 Å². The number of nitrogens with zero attached hydrogens (tertiary/aromatic N) is 1. The molecule has 23 heavy (non-hydrogen) atoms. The maximum atomic E-state index is 11.3. The molecule has 1 atom stereocenters. The lowest BCUT2D eigenvalue weighted by atomic mass is 10.1. The predicted molar refractivity (Wildman–Crippen MR) is 87.9 cm³/mol. The number of methoxy groups -OCH3 is 2. The van der Waals surface area contributed by atoms with E-state index in [0.29, 0.717) is 44.0 Å². The fraction of sp³-hybridized carbons (Fsp3) is 0.588. The molecule has 1 rings (SSSR count). The minimum atomic E-state index is -0.597. The van der Waals surface area contributed by atoms with E-state index < -0.39 is 6.10 Å². The summed E-state index contributed by atoms with van der Waals surface area (Å²) in [5.74, 6) is 1.04. The SMILES string of the molecule is CCOC(=O)CCN(C)CCC(O)c1ccc(OC)c(OC)c1. The average molecular weight is 325 g/mol. The van der Waals surface area contributed by atoms with Crippen LogP contribution in [0.2, 0.25) is 0 Å². The van der Waals surface area contributed by atoms with Gasteiger partial charge >= 0.3 is 5.97 Å². The second kappa shape index (κ2) is 10.1. The number of hydrogen-bond acceptors (Lipinski definition) is 6. The zero-order chi connectivity index (χ0) is 17.2. The zero-order valence-electron chi connectivity index (χ0n) is 14.4. The molecule has 0 saturated carbocycles. The third-order valence-corrected chi connectivity index (χ3v) is 3.58. The summed E-state index contributed by atoms with van der Waals surface area (Å²) in [5, 5.41) is 10.3. The van der Waals surface area contributed by atoms with Crippen molar-refractivity contribution in [2.45, 2.75) is 25.9 Å². The fourth-order valence-electron chi connectivity index (χ4n) is 2.20. The van der Waals surface area contributed by atoms with Gasteiger partial charge in [-0.3, -0.25) is 4.79 Å². The van der Waals surface area contributed by atoms with E-state index in [1.54, 1.807) is 33.3 Å². The Morgan fingerprint density at radius 2 is 1.91 bits per heavy atom. The summed E-state index contributed by atoms with van der Waals surface area (Å²) >= 11 is 0. The topological polar surface area (TPSA) is 68.2 Å². The molecule has 1 N–H and O–H groups in total. The van der Waals surface area contributed by atoms with Crippen molar-refractivity contribution < 1.29 is 24.1 Å². The second-order valence-corrected chi connectivity index (χ2v) is 5.28. The van der Waals surface area contributed by atoms with E-state index in [4.69, 9.17) is 14.2 Å². The Kier molecular flexibility index (Phi) is 8.43. The molecule has 0 saturated heterocycles. The number of aliphatic hydroxyl groups excluding tert-OH is 1. The van der Waals surface area contributed by atoms with Crippen molar-refractivity contribution in [3.8, 4) is 11.5 Å². The number of carbonyl (C=O) groups is 1. The third kappa shape index (κ3) is 6.46. The molecule has 0 radical (unpaired) electrons. The van der Waals surface area contributed by atoms with Gasteiger partial charge in [-0.15, -0.1) is 0 Å². The normalized spacial score (nSPS) is 12.1. The lowest BCUT2D eigenvalue weighted by Crippen LogP contribution is -2.25. The number of hydrogen-bond donors (Lipinski definition) is 1. The molecule has 6 heteroatoms. The Hall–Kier alpha value is -1.79. The molecule has 0 aliphatic heterocycles. The number of rotatable bonds is 10. The van der Waals surface area contributed by atoms with Gasteiger partial charge in [0.25, 0.3) is 0 Å². The van der Waals surface area contributed by atoms with Crippen LogP contribution in [0.15, 0.2) is 18.2 Å². The van der Waals surface area contributed by atoms with Gasteiger partial charge in [0.2, 0.25) is 0 Å². The monoisotopic (exact) mass is 325 g/mol. The number of esters is 1. The first-order valence-electron chi connectivity index (χ1n) is 7.76. The Labute approximate surface area is 138 Å². The number of aliphatic hydroxyl groups is 1. The quantitative estimate of drug-likeness (QED) is 0.664. The van der Waals surface area contributed by atoms with Crippen molar-refractivity contribution in [1.82, 2.24) is 4.90 Å². The van der Waals surface area contributed by atoms with Crippen LogP contribution < -0.4 is 9.47 Å². The van der Waals surface area contributed by atoms with E-state index in [-0.39, 0.29) is 5.97 Å². The van der Waals surface area contributed by atoms with E-state index in [9.17, 15) is 9.90 Å². The summed E-state index contributed by atoms with van der Waals surface area (Å²) < 4.78 is 15.3. The summed E-state index contributed by atoms with van der Waals surface area (Å²) in [7, 11) is 5.06. The Morgan fingerprint density at radius 3 is 2.52 bits per heavy atom. The highest BCUT2D eigenvalue weighted by Crippen LogP contribution is 2.30. The Morgan fingerprint density at radius 1 is 1.22 bits per heavy atom. The molecule has 0 aromatic heterocycles. The van der Waals surface area contributed by atoms with Gasteiger partial charge in [0.05, 0.1) is 33.4 Å². The van der Waals surface area contributed by atoms with Crippen LogP contribution in [0.1, 0.15) is 31.4 Å². The van der Waals surface area contributed by atoms with E-state index >= 15 is 0 Å². The van der Waals surface area contributed by atoms with Crippen molar-refractivity contribution >= 4 is 5.97 Å². The van der Waals surface area contributed by atoms with Crippen LogP contribution in [0, 0.1) is 0 Å². The molecule has 130 valence electrons. The van der Waals surface area contributed by atoms with Crippen LogP contribution in [-0.2, 0) is 9.53 Å². The minimum Gasteiger partial charge on any atom is -0.493 e. The fourth-order valence-corrected chi connectivity index (χ4v) is 2.20. The molecule has 0 fully saturated rings. The van der Waals surface area contributed by atoms with Gasteiger partial charge in [-0.05, 0) is 38.1 Å². The van der Waals surface area contributed by atoms with Crippen LogP contribution in [0.4, 0.5) is 0 Å². The van der Waals surface area contributed by atoms with E-state index in [0.717, 1.165) is 5.56 Å². The van der Waals surface area contributed by atoms with Crippen molar-refractivity contribution in [2.75, 3.05) is 41.0 Å². The highest BCUT2D eigenvalue weighted by Gasteiger charge is 2.13. The molecular formula is C17H27NO5. The van der Waals surface area contributed by atoms with E-state index in [2.05, 4.69) is 0 Å². The first-order valence-corrected chi connectivity index (χ1v) is 7.76. The highest BCUT2D eigenvalue weighted by molar-refractivity contribution is 5.69. The van der Waals surface area contributed by atoms with Gasteiger partial charge in [0.1, 0.15) is 0 Å². The van der Waals surface area contributed by atoms with Gasteiger partial charge in [0.15, 0.2) is 11.5 Å². The summed E-state index contributed by atoms with van der Waals surface area (Å²) in [5.41, 5.74) is 0.779. The molecule has 0 amide bonds. The van der Waals surface area contributed by atoms with Gasteiger partial charge < -0.3 is 24.2 Å². The molecule has 1 aromatic carbocycles. The van der Waals surface area contributed by atoms with Gasteiger partial charge in [-0.2, -0.15) is 0 Å². The van der Waals surface area contributed by atoms with Gasteiger partial charge in [-0.25, -0.2) is 0 Å². The summed E-state index contributed by atoms with van der Waals surface area (Å²) in [6.07, 6.45) is 0.325. The standard InChI is InChI=1S/C17H27NO5/c1-5-23-17(20)9-11-18(2)10-8-14(19)13-6-7-15(21-3)16(12-13)22-4/h6-7,12,14,19H,5,8-11H2,1-4H3. The van der Waals surface area contributed by atoms with Crippen molar-refractivity contribution in [3.05, 3.63) is 23.8 Å². The zero-order valence-corrected chi connectivity index (χ0v) is 14.4. The van der Waals surface area contributed by atoms with Crippen LogP contribution in [-0.4, -0.2) is 56.9 Å². The van der Waals surface area contributed by atoms with E-state index in [1.807, 2.05) is 18.0 Å². The first kappa shape index (κ1) is 19.3. The van der Waals surface area contributed by atoms with Gasteiger partial charge in [-0.1, -0.05) is 6.07 Å². The van der Waals surface area contributed by atoms with Crippen LogP contribution >= 0.6 is 0 Å². The highest BCUT2D eigenvalue weighted by atomic mass is 16.5. The van der Waals surface area contributed by atoms with Crippen molar-refractivity contribution in [3.63, 3.8) is 0 Å². The summed E-state index contributed by atoms with van der Waals surface area (Å²) in [4.78, 5) is 13.3. The molecule has 1 aromatic rings. The van der Waals surface area contributed by atoms with Crippen LogP contribution in [0.5, 0.6) is 11.5 Å². The number of carbonyl (C=O) groups excluding carboxylic acids is 1. The summed E-state index contributed by atoms with van der Waals surface area (Å²) in [6.45, 7) is 3.48. The Bertz CT molecular complexity index is 492. The Balaban J connectivity index is 2.46. The van der Waals surface area contributed by atoms with Crippen molar-refractivity contribution in [1.29, 1.82) is 0 Å². The molecule has 0 aliphatic carbocycles.